The summed E-state index contributed by atoms with van der Waals surface area (Å²) in [6, 6.07) is 13.1. The van der Waals surface area contributed by atoms with Crippen molar-refractivity contribution >= 4 is 11.9 Å². The van der Waals surface area contributed by atoms with E-state index in [2.05, 4.69) is 16.4 Å². The van der Waals surface area contributed by atoms with E-state index in [1.807, 2.05) is 6.07 Å². The molecule has 1 aliphatic carbocycles. The van der Waals surface area contributed by atoms with E-state index in [1.54, 1.807) is 30.3 Å². The molecule has 3 rings (SSSR count). The summed E-state index contributed by atoms with van der Waals surface area (Å²) in [7, 11) is 2.68. The van der Waals surface area contributed by atoms with Crippen molar-refractivity contribution in [1.82, 2.24) is 0 Å². The number of phenols is 1. The minimum atomic E-state index is -0.444. The lowest BCUT2D eigenvalue weighted by atomic mass is 10.2. The molecule has 1 aliphatic rings. The highest BCUT2D eigenvalue weighted by molar-refractivity contribution is 5.90. The van der Waals surface area contributed by atoms with Gasteiger partial charge < -0.3 is 19.3 Å². The molecule has 1 unspecified atom stereocenters. The number of esters is 2. The van der Waals surface area contributed by atoms with Crippen LogP contribution >= 0.6 is 0 Å². The first-order chi connectivity index (χ1) is 12.9. The molecule has 6 nitrogen and oxygen atoms in total. The van der Waals surface area contributed by atoms with Crippen LogP contribution in [0.2, 0.25) is 0 Å². The van der Waals surface area contributed by atoms with Gasteiger partial charge in [0.25, 0.3) is 0 Å². The average Bonchev–Trinajstić information content (AvgIpc) is 3.53. The zero-order valence-corrected chi connectivity index (χ0v) is 15.7. The van der Waals surface area contributed by atoms with E-state index < -0.39 is 5.97 Å². The average molecular weight is 372 g/mol. The second-order valence-corrected chi connectivity index (χ2v) is 6.22. The second kappa shape index (κ2) is 9.62. The fourth-order valence-electron chi connectivity index (χ4n) is 2.44. The van der Waals surface area contributed by atoms with E-state index >= 15 is 0 Å². The maximum Gasteiger partial charge on any atom is 0.337 e. The molecule has 1 N–H and O–H groups in total. The molecule has 1 fully saturated rings. The Bertz CT molecular complexity index is 782. The third-order valence-corrected chi connectivity index (χ3v) is 4.13. The largest absolute Gasteiger partial charge is 0.508 e. The summed E-state index contributed by atoms with van der Waals surface area (Å²) in [6.45, 7) is 2.07. The number of aromatic hydroxyl groups is 1. The highest BCUT2D eigenvalue weighted by Crippen LogP contribution is 2.34. The fourth-order valence-corrected chi connectivity index (χ4v) is 2.44. The molecule has 6 heteroatoms. The second-order valence-electron chi connectivity index (χ2n) is 6.22. The number of methoxy groups -OCH3 is 2. The molecule has 144 valence electrons. The monoisotopic (exact) mass is 372 g/mol. The Morgan fingerprint density at radius 1 is 0.963 bits per heavy atom. The molecular formula is C21H24O6. The molecule has 2 aromatic carbocycles. The van der Waals surface area contributed by atoms with Gasteiger partial charge in [0, 0.05) is 0 Å². The molecule has 1 atom stereocenters. The van der Waals surface area contributed by atoms with Gasteiger partial charge in [0.2, 0.25) is 0 Å². The van der Waals surface area contributed by atoms with Gasteiger partial charge in [0.1, 0.15) is 11.5 Å². The molecule has 0 saturated heterocycles. The zero-order chi connectivity index (χ0) is 19.8. The summed E-state index contributed by atoms with van der Waals surface area (Å²) >= 11 is 0. The molecule has 1 saturated carbocycles. The van der Waals surface area contributed by atoms with Crippen molar-refractivity contribution in [2.24, 2.45) is 5.92 Å². The molecule has 0 amide bonds. The van der Waals surface area contributed by atoms with E-state index in [9.17, 15) is 9.59 Å². The molecule has 0 aliphatic heterocycles. The van der Waals surface area contributed by atoms with Crippen LogP contribution in [-0.2, 0) is 9.47 Å². The van der Waals surface area contributed by atoms with Crippen molar-refractivity contribution in [3.05, 3.63) is 59.7 Å². The minimum Gasteiger partial charge on any atom is -0.508 e. The lowest BCUT2D eigenvalue weighted by Crippen LogP contribution is -2.14. The lowest BCUT2D eigenvalue weighted by molar-refractivity contribution is 0.0591. The molecule has 2 aromatic rings. The number of phenolic OH excluding ortho intramolecular Hbond substituents is 1. The van der Waals surface area contributed by atoms with Gasteiger partial charge in [-0.3, -0.25) is 0 Å². The maximum absolute atomic E-state index is 11.3. The van der Waals surface area contributed by atoms with Gasteiger partial charge in [-0.05, 0) is 62.1 Å². The lowest BCUT2D eigenvalue weighted by Gasteiger charge is -2.14. The van der Waals surface area contributed by atoms with Crippen LogP contribution in [0.1, 0.15) is 40.5 Å². The van der Waals surface area contributed by atoms with Crippen molar-refractivity contribution in [3.8, 4) is 11.5 Å². The van der Waals surface area contributed by atoms with Crippen molar-refractivity contribution < 1.29 is 28.9 Å². The predicted molar refractivity (Wildman–Crippen MR) is 100 cm³/mol. The van der Waals surface area contributed by atoms with Crippen LogP contribution in [0.15, 0.2) is 48.5 Å². The standard InChI is InChI=1S/C13H16O3.C8H8O3/c1-9(10-6-7-10)16-12-5-3-4-11(8-12)13(14)15-2;1-11-8(10)6-3-2-4-7(9)5-6/h3-5,8-10H,6-7H2,1-2H3;2-5,9H,1H3. The zero-order valence-electron chi connectivity index (χ0n) is 15.7. The highest BCUT2D eigenvalue weighted by Gasteiger charge is 2.29. The van der Waals surface area contributed by atoms with Gasteiger partial charge >= 0.3 is 11.9 Å². The van der Waals surface area contributed by atoms with Crippen molar-refractivity contribution in [1.29, 1.82) is 0 Å². The molecule has 0 aromatic heterocycles. The van der Waals surface area contributed by atoms with Crippen LogP contribution in [0, 0.1) is 5.92 Å². The van der Waals surface area contributed by atoms with Gasteiger partial charge in [0.15, 0.2) is 0 Å². The smallest absolute Gasteiger partial charge is 0.337 e. The van der Waals surface area contributed by atoms with Crippen LogP contribution in [0.4, 0.5) is 0 Å². The molecule has 0 radical (unpaired) electrons. The van der Waals surface area contributed by atoms with Crippen LogP contribution in [0.5, 0.6) is 11.5 Å². The molecule has 0 heterocycles. The minimum absolute atomic E-state index is 0.0629. The summed E-state index contributed by atoms with van der Waals surface area (Å²) in [6.07, 6.45) is 2.73. The number of rotatable bonds is 5. The maximum atomic E-state index is 11.3. The van der Waals surface area contributed by atoms with Crippen LogP contribution in [-0.4, -0.2) is 37.4 Å². The number of carbonyl (C=O) groups excluding carboxylic acids is 2. The Morgan fingerprint density at radius 3 is 2.04 bits per heavy atom. The third kappa shape index (κ3) is 6.33. The van der Waals surface area contributed by atoms with Gasteiger partial charge in [-0.2, -0.15) is 0 Å². The predicted octanol–water partition coefficient (Wildman–Crippen LogP) is 3.83. The van der Waals surface area contributed by atoms with Crippen LogP contribution in [0.3, 0.4) is 0 Å². The number of benzene rings is 2. The van der Waals surface area contributed by atoms with E-state index in [0.717, 1.165) is 5.75 Å². The SMILES string of the molecule is COC(=O)c1cccc(O)c1.COC(=O)c1cccc(OC(C)C2CC2)c1. The van der Waals surface area contributed by atoms with E-state index in [-0.39, 0.29) is 17.8 Å². The van der Waals surface area contributed by atoms with Crippen molar-refractivity contribution in [3.63, 3.8) is 0 Å². The summed E-state index contributed by atoms with van der Waals surface area (Å²) in [5, 5.41) is 8.95. The van der Waals surface area contributed by atoms with Crippen LogP contribution < -0.4 is 4.74 Å². The first kappa shape index (κ1) is 20.3. The molecular weight excluding hydrogens is 348 g/mol. The van der Waals surface area contributed by atoms with E-state index in [4.69, 9.17) is 9.84 Å². The number of hydrogen-bond donors (Lipinski definition) is 1. The van der Waals surface area contributed by atoms with Gasteiger partial charge in [-0.25, -0.2) is 9.59 Å². The summed E-state index contributed by atoms with van der Waals surface area (Å²) < 4.78 is 14.9. The van der Waals surface area contributed by atoms with E-state index in [1.165, 1.54) is 39.2 Å². The third-order valence-electron chi connectivity index (χ3n) is 4.13. The normalized spacial score (nSPS) is 13.6. The number of hydrogen-bond acceptors (Lipinski definition) is 6. The van der Waals surface area contributed by atoms with E-state index in [0.29, 0.717) is 17.0 Å². The van der Waals surface area contributed by atoms with Gasteiger partial charge in [-0.15, -0.1) is 0 Å². The van der Waals surface area contributed by atoms with Gasteiger partial charge in [0.05, 0.1) is 31.5 Å². The number of carbonyl (C=O) groups is 2. The molecule has 0 bridgehead atoms. The first-order valence-electron chi connectivity index (χ1n) is 8.67. The van der Waals surface area contributed by atoms with Crippen LogP contribution in [0.25, 0.3) is 0 Å². The summed E-state index contributed by atoms with van der Waals surface area (Å²) in [5.74, 6) is 0.711. The Hall–Kier alpha value is -3.02. The fraction of sp³-hybridized carbons (Fsp3) is 0.333. The molecule has 0 spiro atoms. The topological polar surface area (TPSA) is 82.1 Å². The summed E-state index contributed by atoms with van der Waals surface area (Å²) in [5.41, 5.74) is 0.885. The Balaban J connectivity index is 0.000000208. The van der Waals surface area contributed by atoms with Gasteiger partial charge in [-0.1, -0.05) is 12.1 Å². The first-order valence-corrected chi connectivity index (χ1v) is 8.67. The Labute approximate surface area is 158 Å². The Kier molecular flexibility index (Phi) is 7.23. The Morgan fingerprint density at radius 2 is 1.52 bits per heavy atom. The quantitative estimate of drug-likeness (QED) is 0.803. The summed E-state index contributed by atoms with van der Waals surface area (Å²) in [4.78, 5) is 22.2. The highest BCUT2D eigenvalue weighted by atomic mass is 16.5. The van der Waals surface area contributed by atoms with Crippen molar-refractivity contribution in [2.75, 3.05) is 14.2 Å². The molecule has 27 heavy (non-hydrogen) atoms. The number of ether oxygens (including phenoxy) is 3. The van der Waals surface area contributed by atoms with Crippen molar-refractivity contribution in [2.45, 2.75) is 25.9 Å².